The highest BCUT2D eigenvalue weighted by molar-refractivity contribution is 5.75. The van der Waals surface area contributed by atoms with E-state index in [2.05, 4.69) is 15.4 Å². The molecule has 0 aromatic carbocycles. The molecule has 0 saturated heterocycles. The lowest BCUT2D eigenvalue weighted by Gasteiger charge is -2.07. The molecule has 3 N–H and O–H groups in total. The van der Waals surface area contributed by atoms with E-state index in [1.807, 2.05) is 17.7 Å². The van der Waals surface area contributed by atoms with Crippen LogP contribution in [0.5, 0.6) is 0 Å². The number of rotatable bonds is 5. The van der Waals surface area contributed by atoms with Gasteiger partial charge in [0.05, 0.1) is 6.33 Å². The number of amides is 1. The molecule has 7 nitrogen and oxygen atoms in total. The molecular weight excluding hydrogens is 232 g/mol. The molecule has 0 radical (unpaired) electrons. The Kier molecular flexibility index (Phi) is 3.61. The maximum atomic E-state index is 11.7. The predicted octanol–water partition coefficient (Wildman–Crippen LogP) is -0.213. The highest BCUT2D eigenvalue weighted by Gasteiger charge is 2.06. The number of aromatic nitrogens is 4. The van der Waals surface area contributed by atoms with Gasteiger partial charge in [-0.05, 0) is 6.92 Å². The highest BCUT2D eigenvalue weighted by atomic mass is 16.2. The van der Waals surface area contributed by atoms with Crippen molar-refractivity contribution in [1.82, 2.24) is 24.6 Å². The zero-order valence-electron chi connectivity index (χ0n) is 10.2. The van der Waals surface area contributed by atoms with E-state index in [0.29, 0.717) is 18.9 Å². The lowest BCUT2D eigenvalue weighted by atomic mass is 10.4. The Morgan fingerprint density at radius 3 is 3.00 bits per heavy atom. The van der Waals surface area contributed by atoms with Gasteiger partial charge in [-0.1, -0.05) is 0 Å². The Balaban J connectivity index is 1.77. The fourth-order valence-electron chi connectivity index (χ4n) is 1.63. The molecule has 0 bridgehead atoms. The molecule has 2 aromatic heterocycles. The van der Waals surface area contributed by atoms with Crippen LogP contribution < -0.4 is 11.1 Å². The number of nitrogens with one attached hydrogen (secondary N) is 1. The summed E-state index contributed by atoms with van der Waals surface area (Å²) < 4.78 is 3.49. The summed E-state index contributed by atoms with van der Waals surface area (Å²) in [5.41, 5.74) is 6.42. The third-order valence-corrected chi connectivity index (χ3v) is 2.54. The van der Waals surface area contributed by atoms with Crippen LogP contribution in [0.25, 0.3) is 0 Å². The molecule has 0 aliphatic carbocycles. The number of hydrogen-bond donors (Lipinski definition) is 2. The quantitative estimate of drug-likeness (QED) is 0.765. The lowest BCUT2D eigenvalue weighted by molar-refractivity contribution is -0.121. The third kappa shape index (κ3) is 3.09. The molecule has 1 amide bonds. The Bertz CT molecular complexity index is 516. The molecule has 0 saturated carbocycles. The summed E-state index contributed by atoms with van der Waals surface area (Å²) in [4.78, 5) is 15.6. The van der Waals surface area contributed by atoms with Crippen molar-refractivity contribution in [3.05, 3.63) is 30.5 Å². The molecule has 18 heavy (non-hydrogen) atoms. The average molecular weight is 248 g/mol. The van der Waals surface area contributed by atoms with Crippen LogP contribution in [0.1, 0.15) is 5.69 Å². The van der Waals surface area contributed by atoms with Crippen LogP contribution in [0.3, 0.4) is 0 Å². The maximum absolute atomic E-state index is 11.7. The number of carbonyl (C=O) groups is 1. The molecule has 2 heterocycles. The van der Waals surface area contributed by atoms with Crippen LogP contribution >= 0.6 is 0 Å². The minimum absolute atomic E-state index is 0.0821. The summed E-state index contributed by atoms with van der Waals surface area (Å²) in [5.74, 6) is 0.347. The molecule has 0 spiro atoms. The Morgan fingerprint density at radius 1 is 1.56 bits per heavy atom. The van der Waals surface area contributed by atoms with Gasteiger partial charge >= 0.3 is 0 Å². The molecular formula is C11H16N6O. The van der Waals surface area contributed by atoms with E-state index in [1.165, 1.54) is 0 Å². The summed E-state index contributed by atoms with van der Waals surface area (Å²) in [7, 11) is 0. The van der Waals surface area contributed by atoms with E-state index in [1.54, 1.807) is 23.3 Å². The van der Waals surface area contributed by atoms with Crippen molar-refractivity contribution in [2.45, 2.75) is 20.0 Å². The van der Waals surface area contributed by atoms with Gasteiger partial charge in [-0.25, -0.2) is 4.98 Å². The van der Waals surface area contributed by atoms with Gasteiger partial charge in [-0.2, -0.15) is 5.10 Å². The smallest absolute Gasteiger partial charge is 0.241 e. The normalized spacial score (nSPS) is 10.5. The average Bonchev–Trinajstić information content (AvgIpc) is 2.90. The van der Waals surface area contributed by atoms with E-state index < -0.39 is 0 Å². The molecule has 2 rings (SSSR count). The van der Waals surface area contributed by atoms with Gasteiger partial charge in [0.25, 0.3) is 0 Å². The highest BCUT2D eigenvalue weighted by Crippen LogP contribution is 2.03. The largest absolute Gasteiger partial charge is 0.382 e. The molecule has 0 unspecified atom stereocenters. The van der Waals surface area contributed by atoms with E-state index in [9.17, 15) is 4.79 Å². The Labute approximate surface area is 105 Å². The van der Waals surface area contributed by atoms with Crippen LogP contribution in [0.2, 0.25) is 0 Å². The molecule has 0 atom stereocenters. The van der Waals surface area contributed by atoms with Crippen molar-refractivity contribution in [3.8, 4) is 0 Å². The van der Waals surface area contributed by atoms with Crippen LogP contribution in [0.15, 0.2) is 24.8 Å². The molecule has 0 fully saturated rings. The SMILES string of the molecule is Cc1cc(N)nn1CC(=O)NCCn1ccnc1. The van der Waals surface area contributed by atoms with Gasteiger partial charge in [0.1, 0.15) is 12.4 Å². The number of anilines is 1. The van der Waals surface area contributed by atoms with E-state index in [4.69, 9.17) is 5.73 Å². The monoisotopic (exact) mass is 248 g/mol. The first-order valence-corrected chi connectivity index (χ1v) is 5.67. The first-order chi connectivity index (χ1) is 8.65. The minimum atomic E-state index is -0.0821. The fourth-order valence-corrected chi connectivity index (χ4v) is 1.63. The van der Waals surface area contributed by atoms with E-state index >= 15 is 0 Å². The summed E-state index contributed by atoms with van der Waals surface area (Å²) in [6, 6.07) is 1.73. The molecule has 0 aliphatic heterocycles. The zero-order valence-corrected chi connectivity index (χ0v) is 10.2. The van der Waals surface area contributed by atoms with Crippen molar-refractivity contribution in [1.29, 1.82) is 0 Å². The van der Waals surface area contributed by atoms with Crippen molar-refractivity contribution in [2.24, 2.45) is 0 Å². The number of nitrogen functional groups attached to an aromatic ring is 1. The third-order valence-electron chi connectivity index (χ3n) is 2.54. The molecule has 96 valence electrons. The van der Waals surface area contributed by atoms with Gasteiger partial charge in [-0.3, -0.25) is 9.48 Å². The molecule has 7 heteroatoms. The van der Waals surface area contributed by atoms with Crippen molar-refractivity contribution < 1.29 is 4.79 Å². The number of hydrogen-bond acceptors (Lipinski definition) is 4. The number of aryl methyl sites for hydroxylation is 1. The second kappa shape index (κ2) is 5.35. The lowest BCUT2D eigenvalue weighted by Crippen LogP contribution is -2.30. The number of nitrogens with two attached hydrogens (primary N) is 1. The second-order valence-electron chi connectivity index (χ2n) is 4.02. The second-order valence-corrected chi connectivity index (χ2v) is 4.02. The topological polar surface area (TPSA) is 90.8 Å². The van der Waals surface area contributed by atoms with E-state index in [-0.39, 0.29) is 12.5 Å². The van der Waals surface area contributed by atoms with Gasteiger partial charge in [0, 0.05) is 37.2 Å². The van der Waals surface area contributed by atoms with E-state index in [0.717, 1.165) is 5.69 Å². The fraction of sp³-hybridized carbons (Fsp3) is 0.364. The Hall–Kier alpha value is -2.31. The van der Waals surface area contributed by atoms with Crippen LogP contribution in [0.4, 0.5) is 5.82 Å². The van der Waals surface area contributed by atoms with Crippen molar-refractivity contribution in [2.75, 3.05) is 12.3 Å². The molecule has 2 aromatic rings. The number of carbonyl (C=O) groups excluding carboxylic acids is 1. The first kappa shape index (κ1) is 12.2. The van der Waals surface area contributed by atoms with Crippen molar-refractivity contribution in [3.63, 3.8) is 0 Å². The summed E-state index contributed by atoms with van der Waals surface area (Å²) >= 11 is 0. The first-order valence-electron chi connectivity index (χ1n) is 5.67. The van der Waals surface area contributed by atoms with Gasteiger partial charge in [0.15, 0.2) is 0 Å². The summed E-state index contributed by atoms with van der Waals surface area (Å²) in [6.45, 7) is 3.31. The number of nitrogens with zero attached hydrogens (tertiary/aromatic N) is 4. The van der Waals surface area contributed by atoms with Crippen LogP contribution in [-0.2, 0) is 17.9 Å². The van der Waals surface area contributed by atoms with Crippen molar-refractivity contribution >= 4 is 11.7 Å². The van der Waals surface area contributed by atoms with Gasteiger partial charge in [-0.15, -0.1) is 0 Å². The van der Waals surface area contributed by atoms with Crippen LogP contribution in [-0.4, -0.2) is 31.8 Å². The minimum Gasteiger partial charge on any atom is -0.382 e. The van der Waals surface area contributed by atoms with Gasteiger partial charge < -0.3 is 15.6 Å². The molecule has 0 aliphatic rings. The number of imidazole rings is 1. The Morgan fingerprint density at radius 2 is 2.39 bits per heavy atom. The zero-order chi connectivity index (χ0) is 13.0. The summed E-state index contributed by atoms with van der Waals surface area (Å²) in [5, 5.41) is 6.84. The maximum Gasteiger partial charge on any atom is 0.241 e. The van der Waals surface area contributed by atoms with Gasteiger partial charge in [0.2, 0.25) is 5.91 Å². The predicted molar refractivity (Wildman–Crippen MR) is 66.6 cm³/mol. The summed E-state index contributed by atoms with van der Waals surface area (Å²) in [6.07, 6.45) is 5.27. The standard InChI is InChI=1S/C11H16N6O/c1-9-6-10(12)15-17(9)7-11(18)14-3-5-16-4-2-13-8-16/h2,4,6,8H,3,5,7H2,1H3,(H2,12,15)(H,14,18). The van der Waals surface area contributed by atoms with Crippen LogP contribution in [0, 0.1) is 6.92 Å².